The molecule has 4 heteroatoms. The zero-order valence-electron chi connectivity index (χ0n) is 11.2. The lowest BCUT2D eigenvalue weighted by atomic mass is 9.98. The molecule has 1 unspecified atom stereocenters. The Morgan fingerprint density at radius 2 is 1.78 bits per heavy atom. The van der Waals surface area contributed by atoms with E-state index in [1.165, 1.54) is 12.8 Å². The quantitative estimate of drug-likeness (QED) is 0.793. The second kappa shape index (κ2) is 5.17. The Morgan fingerprint density at radius 1 is 1.17 bits per heavy atom. The van der Waals surface area contributed by atoms with Gasteiger partial charge >= 0.3 is 0 Å². The van der Waals surface area contributed by atoms with Crippen molar-refractivity contribution in [3.05, 3.63) is 0 Å². The van der Waals surface area contributed by atoms with Gasteiger partial charge in [-0.15, -0.1) is 0 Å². The second-order valence-corrected chi connectivity index (χ2v) is 6.11. The van der Waals surface area contributed by atoms with Crippen molar-refractivity contribution in [2.24, 2.45) is 17.8 Å². The molecule has 2 aliphatic heterocycles. The first-order chi connectivity index (χ1) is 8.78. The highest BCUT2D eigenvalue weighted by molar-refractivity contribution is 5.79. The summed E-state index contributed by atoms with van der Waals surface area (Å²) in [5, 5.41) is 3.38. The normalized spacial score (nSPS) is 36.9. The van der Waals surface area contributed by atoms with Crippen molar-refractivity contribution in [1.29, 1.82) is 0 Å². The number of rotatable bonds is 2. The Labute approximate surface area is 109 Å². The van der Waals surface area contributed by atoms with E-state index in [4.69, 9.17) is 4.74 Å². The lowest BCUT2D eigenvalue weighted by molar-refractivity contribution is -0.137. The van der Waals surface area contributed by atoms with Crippen LogP contribution >= 0.6 is 0 Å². The Bertz CT molecular complexity index is 301. The zero-order chi connectivity index (χ0) is 12.5. The second-order valence-electron chi connectivity index (χ2n) is 6.11. The van der Waals surface area contributed by atoms with E-state index in [0.717, 1.165) is 51.0 Å². The first-order valence-electron chi connectivity index (χ1n) is 7.31. The molecule has 1 amide bonds. The molecule has 0 aromatic carbocycles. The number of likely N-dealkylation sites (tertiary alicyclic amines) is 1. The number of fused-ring (bicyclic) bond motifs is 1. The fraction of sp³-hybridized carbons (Fsp3) is 0.929. The summed E-state index contributed by atoms with van der Waals surface area (Å²) in [7, 11) is 2.05. The number of nitrogens with zero attached hydrogens (tertiary/aromatic N) is 1. The summed E-state index contributed by atoms with van der Waals surface area (Å²) < 4.78 is 5.34. The first-order valence-corrected chi connectivity index (χ1v) is 7.31. The number of carbonyl (C=O) groups excluding carboxylic acids is 1. The number of amides is 1. The van der Waals surface area contributed by atoms with Crippen LogP contribution in [-0.2, 0) is 9.53 Å². The van der Waals surface area contributed by atoms with E-state index in [9.17, 15) is 4.79 Å². The fourth-order valence-corrected chi connectivity index (χ4v) is 3.92. The summed E-state index contributed by atoms with van der Waals surface area (Å²) in [5.41, 5.74) is 0. The van der Waals surface area contributed by atoms with Gasteiger partial charge in [0.15, 0.2) is 0 Å². The van der Waals surface area contributed by atoms with Gasteiger partial charge in [-0.1, -0.05) is 0 Å². The highest BCUT2D eigenvalue weighted by Gasteiger charge is 2.42. The van der Waals surface area contributed by atoms with Gasteiger partial charge in [0.05, 0.1) is 0 Å². The maximum absolute atomic E-state index is 12.4. The van der Waals surface area contributed by atoms with Crippen molar-refractivity contribution in [2.45, 2.75) is 31.7 Å². The van der Waals surface area contributed by atoms with Gasteiger partial charge in [-0.05, 0) is 44.6 Å². The molecule has 1 aliphatic carbocycles. The van der Waals surface area contributed by atoms with E-state index < -0.39 is 0 Å². The average Bonchev–Trinajstić information content (AvgIpc) is 2.96. The maximum atomic E-state index is 12.4. The van der Waals surface area contributed by atoms with Crippen LogP contribution in [0.4, 0.5) is 0 Å². The molecular formula is C14H24N2O2. The van der Waals surface area contributed by atoms with Crippen LogP contribution in [0.15, 0.2) is 0 Å². The molecule has 0 aromatic rings. The molecular weight excluding hydrogens is 228 g/mol. The number of hydrogen-bond acceptors (Lipinski definition) is 3. The molecule has 2 heterocycles. The molecule has 3 aliphatic rings. The average molecular weight is 252 g/mol. The molecule has 3 atom stereocenters. The van der Waals surface area contributed by atoms with Crippen molar-refractivity contribution in [3.8, 4) is 0 Å². The van der Waals surface area contributed by atoms with E-state index in [1.807, 2.05) is 0 Å². The third-order valence-corrected chi connectivity index (χ3v) is 5.04. The Hall–Kier alpha value is -0.610. The van der Waals surface area contributed by atoms with E-state index in [-0.39, 0.29) is 5.92 Å². The van der Waals surface area contributed by atoms with Gasteiger partial charge in [0.25, 0.3) is 0 Å². The minimum absolute atomic E-state index is 0.234. The Morgan fingerprint density at radius 3 is 2.33 bits per heavy atom. The van der Waals surface area contributed by atoms with E-state index >= 15 is 0 Å². The molecule has 0 spiro atoms. The molecule has 0 aromatic heterocycles. The van der Waals surface area contributed by atoms with Crippen molar-refractivity contribution in [2.75, 3.05) is 33.4 Å². The van der Waals surface area contributed by atoms with Gasteiger partial charge in [0.2, 0.25) is 5.91 Å². The number of hydrogen-bond donors (Lipinski definition) is 1. The summed E-state index contributed by atoms with van der Waals surface area (Å²) in [6.07, 6.45) is 4.34. The largest absolute Gasteiger partial charge is 0.381 e. The van der Waals surface area contributed by atoms with Crippen LogP contribution in [0.1, 0.15) is 25.7 Å². The van der Waals surface area contributed by atoms with Crippen LogP contribution in [0, 0.1) is 17.8 Å². The molecule has 3 fully saturated rings. The summed E-state index contributed by atoms with van der Waals surface area (Å²) >= 11 is 0. The van der Waals surface area contributed by atoms with Gasteiger partial charge in [-0.2, -0.15) is 0 Å². The smallest absolute Gasteiger partial charge is 0.225 e. The SMILES string of the molecule is CN[C@@H]1CC2CN(C(=O)C3CCOCC3)C[C@H]2C1. The minimum atomic E-state index is 0.234. The highest BCUT2D eigenvalue weighted by atomic mass is 16.5. The lowest BCUT2D eigenvalue weighted by Crippen LogP contribution is -2.38. The van der Waals surface area contributed by atoms with Crippen molar-refractivity contribution in [1.82, 2.24) is 10.2 Å². The monoisotopic (exact) mass is 252 g/mol. The topological polar surface area (TPSA) is 41.6 Å². The summed E-state index contributed by atoms with van der Waals surface area (Å²) in [6.45, 7) is 3.52. The van der Waals surface area contributed by atoms with E-state index in [0.29, 0.717) is 11.9 Å². The van der Waals surface area contributed by atoms with E-state index in [1.54, 1.807) is 0 Å². The number of ether oxygens (including phenoxy) is 1. The third-order valence-electron chi connectivity index (χ3n) is 5.04. The van der Waals surface area contributed by atoms with Crippen molar-refractivity contribution >= 4 is 5.91 Å². The number of carbonyl (C=O) groups is 1. The predicted molar refractivity (Wildman–Crippen MR) is 69.2 cm³/mol. The van der Waals surface area contributed by atoms with Crippen LogP contribution in [0.3, 0.4) is 0 Å². The molecule has 2 saturated heterocycles. The summed E-state index contributed by atoms with van der Waals surface area (Å²) in [4.78, 5) is 14.6. The van der Waals surface area contributed by atoms with Crippen molar-refractivity contribution in [3.63, 3.8) is 0 Å². The van der Waals surface area contributed by atoms with Crippen LogP contribution in [-0.4, -0.2) is 50.2 Å². The molecule has 102 valence electrons. The molecule has 3 rings (SSSR count). The third kappa shape index (κ3) is 2.28. The molecule has 18 heavy (non-hydrogen) atoms. The van der Waals surface area contributed by atoms with Gasteiger partial charge < -0.3 is 15.0 Å². The van der Waals surface area contributed by atoms with Crippen molar-refractivity contribution < 1.29 is 9.53 Å². The van der Waals surface area contributed by atoms with Gasteiger partial charge in [-0.3, -0.25) is 4.79 Å². The molecule has 0 radical (unpaired) electrons. The molecule has 4 nitrogen and oxygen atoms in total. The molecule has 0 bridgehead atoms. The van der Waals surface area contributed by atoms with E-state index in [2.05, 4.69) is 17.3 Å². The first kappa shape index (κ1) is 12.4. The maximum Gasteiger partial charge on any atom is 0.225 e. The summed E-state index contributed by atoms with van der Waals surface area (Å²) in [6, 6.07) is 0.681. The molecule has 1 saturated carbocycles. The zero-order valence-corrected chi connectivity index (χ0v) is 11.2. The Kier molecular flexibility index (Phi) is 3.57. The minimum Gasteiger partial charge on any atom is -0.381 e. The van der Waals surface area contributed by atoms with Gasteiger partial charge in [0, 0.05) is 38.3 Å². The van der Waals surface area contributed by atoms with Gasteiger partial charge in [0.1, 0.15) is 0 Å². The highest BCUT2D eigenvalue weighted by Crippen LogP contribution is 2.38. The lowest BCUT2D eigenvalue weighted by Gasteiger charge is -2.27. The fourth-order valence-electron chi connectivity index (χ4n) is 3.92. The van der Waals surface area contributed by atoms with Crippen LogP contribution in [0.25, 0.3) is 0 Å². The van der Waals surface area contributed by atoms with Gasteiger partial charge in [-0.25, -0.2) is 0 Å². The predicted octanol–water partition coefficient (Wildman–Crippen LogP) is 0.869. The van der Waals surface area contributed by atoms with Crippen LogP contribution in [0.5, 0.6) is 0 Å². The standard InChI is InChI=1S/C14H24N2O2/c1-15-13-6-11-8-16(9-12(11)7-13)14(17)10-2-4-18-5-3-10/h10-13,15H,2-9H2,1H3/t11-,12?,13+/m1/s1. The van der Waals surface area contributed by atoms with Crippen LogP contribution in [0.2, 0.25) is 0 Å². The molecule has 1 N–H and O–H groups in total. The van der Waals surface area contributed by atoms with Crippen LogP contribution < -0.4 is 5.32 Å². The Balaban J connectivity index is 1.55. The summed E-state index contributed by atoms with van der Waals surface area (Å²) in [5.74, 6) is 2.11. The number of nitrogens with one attached hydrogen (secondary N) is 1.